The van der Waals surface area contributed by atoms with Gasteiger partial charge in [0, 0.05) is 31.9 Å². The van der Waals surface area contributed by atoms with Crippen molar-refractivity contribution in [2.24, 2.45) is 0 Å². The molecule has 0 atom stereocenters. The number of nitrogens with one attached hydrogen (secondary N) is 3. The molecule has 0 aliphatic heterocycles. The van der Waals surface area contributed by atoms with Gasteiger partial charge in [-0.05, 0) is 48.7 Å². The predicted octanol–water partition coefficient (Wildman–Crippen LogP) is 5.96. The third-order valence-corrected chi connectivity index (χ3v) is 4.30. The van der Waals surface area contributed by atoms with Crippen LogP contribution < -0.4 is 10.2 Å². The number of benzene rings is 2. The van der Waals surface area contributed by atoms with E-state index in [1.54, 1.807) is 0 Å². The summed E-state index contributed by atoms with van der Waals surface area (Å²) in [4.78, 5) is 16.5. The van der Waals surface area contributed by atoms with Gasteiger partial charge in [0.05, 0.1) is 11.0 Å². The van der Waals surface area contributed by atoms with E-state index in [0.29, 0.717) is 9.54 Å². The molecule has 0 fully saturated rings. The number of fused-ring (bicyclic) bond motifs is 2. The second-order valence-electron chi connectivity index (χ2n) is 5.99. The van der Waals surface area contributed by atoms with Crippen LogP contribution in [0.5, 0.6) is 0 Å². The molecule has 0 saturated heterocycles. The lowest BCUT2D eigenvalue weighted by atomic mass is 10.2. The van der Waals surface area contributed by atoms with Gasteiger partial charge in [-0.3, -0.25) is 0 Å². The molecule has 6 nitrogen and oxygen atoms in total. The highest BCUT2D eigenvalue weighted by molar-refractivity contribution is 7.71. The Labute approximate surface area is 182 Å². The molecule has 3 N–H and O–H groups in total. The average Bonchev–Trinajstić information content (AvgIpc) is 2.67. The number of hydrogen-bond donors (Lipinski definition) is 3. The number of H-pyrrole nitrogens is 2. The van der Waals surface area contributed by atoms with E-state index in [1.807, 2.05) is 74.6 Å². The zero-order chi connectivity index (χ0) is 19.4. The summed E-state index contributed by atoms with van der Waals surface area (Å²) in [5, 5.41) is 5.16. The van der Waals surface area contributed by atoms with Crippen molar-refractivity contribution in [1.82, 2.24) is 19.9 Å². The Balaban J connectivity index is 0.000000272. The number of hydrogen-bond acceptors (Lipinski definition) is 6. The number of aromatic amines is 2. The summed E-state index contributed by atoms with van der Waals surface area (Å²) in [6.45, 7) is 0. The van der Waals surface area contributed by atoms with Crippen LogP contribution in [-0.2, 0) is 0 Å². The van der Waals surface area contributed by atoms with Crippen LogP contribution in [0.4, 0.5) is 11.6 Å². The van der Waals surface area contributed by atoms with Crippen molar-refractivity contribution >= 4 is 57.9 Å². The Hall–Kier alpha value is -2.84. The molecule has 0 unspecified atom stereocenters. The first-order valence-corrected chi connectivity index (χ1v) is 9.14. The summed E-state index contributed by atoms with van der Waals surface area (Å²) >= 11 is 10.0. The summed E-state index contributed by atoms with van der Waals surface area (Å²) in [7, 11) is 5.76. The van der Waals surface area contributed by atoms with Crippen LogP contribution in [0.1, 0.15) is 14.9 Å². The van der Waals surface area contributed by atoms with E-state index in [4.69, 9.17) is 24.4 Å². The van der Waals surface area contributed by atoms with Gasteiger partial charge >= 0.3 is 0 Å². The molecule has 0 spiro atoms. The van der Waals surface area contributed by atoms with Gasteiger partial charge in [0.1, 0.15) is 11.6 Å². The molecular weight excluding hydrogens is 400 g/mol. The van der Waals surface area contributed by atoms with Crippen molar-refractivity contribution in [3.63, 3.8) is 0 Å². The topological polar surface area (TPSA) is 72.6 Å². The van der Waals surface area contributed by atoms with Gasteiger partial charge in [-0.2, -0.15) is 0 Å². The third-order valence-electron chi connectivity index (χ3n) is 3.91. The highest BCUT2D eigenvalue weighted by Gasteiger charge is 2.04. The molecule has 0 amide bonds. The summed E-state index contributed by atoms with van der Waals surface area (Å²) in [6, 6.07) is 15.9. The molecule has 0 bridgehead atoms. The maximum Gasteiger partial charge on any atom is 0.199 e. The van der Waals surface area contributed by atoms with Crippen molar-refractivity contribution in [3.05, 3.63) is 58.1 Å². The lowest BCUT2D eigenvalue weighted by molar-refractivity contribution is 1.05. The summed E-state index contributed by atoms with van der Waals surface area (Å²) in [6.07, 6.45) is 0. The van der Waals surface area contributed by atoms with Crippen molar-refractivity contribution < 1.29 is 0 Å². The van der Waals surface area contributed by atoms with Crippen LogP contribution in [-0.4, -0.2) is 41.1 Å². The van der Waals surface area contributed by atoms with E-state index in [0.717, 1.165) is 33.4 Å². The lowest BCUT2D eigenvalue weighted by Gasteiger charge is -2.13. The van der Waals surface area contributed by atoms with E-state index >= 15 is 0 Å². The monoisotopic (exact) mass is 428 g/mol. The molecule has 29 heavy (non-hydrogen) atoms. The van der Waals surface area contributed by atoms with E-state index in [1.165, 1.54) is 0 Å². The number of para-hydroxylation sites is 2. The third kappa shape index (κ3) is 5.58. The molecule has 4 rings (SSSR count). The van der Waals surface area contributed by atoms with Crippen LogP contribution in [0, 0.1) is 9.54 Å². The van der Waals surface area contributed by atoms with Crippen molar-refractivity contribution in [1.29, 1.82) is 0 Å². The van der Waals surface area contributed by atoms with Gasteiger partial charge in [-0.25, -0.2) is 9.97 Å². The minimum atomic E-state index is 0. The molecule has 154 valence electrons. The largest absolute Gasteiger partial charge is 0.372 e. The Kier molecular flexibility index (Phi) is 8.87. The van der Waals surface area contributed by atoms with Crippen LogP contribution in [0.15, 0.2) is 48.5 Å². The summed E-state index contributed by atoms with van der Waals surface area (Å²) in [5.41, 5.74) is 2.03. The molecule has 0 saturated carbocycles. The van der Waals surface area contributed by atoms with Crippen molar-refractivity contribution in [2.75, 3.05) is 31.4 Å². The van der Waals surface area contributed by atoms with Gasteiger partial charge in [0.2, 0.25) is 0 Å². The molecule has 0 aliphatic rings. The van der Waals surface area contributed by atoms with Crippen LogP contribution in [0.3, 0.4) is 0 Å². The first kappa shape index (κ1) is 24.2. The molecule has 4 aromatic rings. The number of anilines is 2. The second kappa shape index (κ2) is 10.6. The maximum atomic E-state index is 5.05. The van der Waals surface area contributed by atoms with Crippen molar-refractivity contribution in [2.45, 2.75) is 14.9 Å². The minimum Gasteiger partial charge on any atom is -0.372 e. The maximum absolute atomic E-state index is 5.05. The van der Waals surface area contributed by atoms with E-state index < -0.39 is 0 Å². The van der Waals surface area contributed by atoms with E-state index in [-0.39, 0.29) is 14.9 Å². The second-order valence-corrected chi connectivity index (χ2v) is 6.77. The lowest BCUT2D eigenvalue weighted by Crippen LogP contribution is -2.11. The quantitative estimate of drug-likeness (QED) is 0.342. The van der Waals surface area contributed by atoms with E-state index in [9.17, 15) is 0 Å². The van der Waals surface area contributed by atoms with Gasteiger partial charge < -0.3 is 20.2 Å². The Bertz CT molecular complexity index is 1200. The molecule has 2 aromatic heterocycles. The van der Waals surface area contributed by atoms with Gasteiger partial charge in [-0.15, -0.1) is 0 Å². The molecule has 2 heterocycles. The Morgan fingerprint density at radius 3 is 1.83 bits per heavy atom. The first-order valence-electron chi connectivity index (χ1n) is 8.33. The van der Waals surface area contributed by atoms with Crippen LogP contribution in [0.25, 0.3) is 21.8 Å². The molecular formula is C21H28N6S2. The van der Waals surface area contributed by atoms with E-state index in [2.05, 4.69) is 25.3 Å². The average molecular weight is 429 g/mol. The Morgan fingerprint density at radius 2 is 1.28 bits per heavy atom. The fraction of sp³-hybridized carbons (Fsp3) is 0.238. The smallest absolute Gasteiger partial charge is 0.199 e. The number of nitrogens with zero attached hydrogens (tertiary/aromatic N) is 3. The highest BCUT2D eigenvalue weighted by Crippen LogP contribution is 2.20. The van der Waals surface area contributed by atoms with Crippen LogP contribution in [0.2, 0.25) is 0 Å². The number of aromatic nitrogens is 4. The SMILES string of the molecule is C.C.CN(C)c1nc(=S)[nH]c2ccccc12.CNc1nc(=S)[nH]c2ccccc12. The standard InChI is InChI=1S/C10H11N3S.C9H9N3S.2CH4/c1-13(2)9-7-5-3-4-6-8(7)11-10(14)12-9;1-10-8-6-4-2-3-5-7(6)11-9(13)12-8;;/h3-6H,1-2H3,(H,11,12,14);2-5H,1H3,(H2,10,11,12,13);2*1H4. The fourth-order valence-corrected chi connectivity index (χ4v) is 3.12. The highest BCUT2D eigenvalue weighted by atomic mass is 32.1. The first-order chi connectivity index (χ1) is 13.0. The molecule has 8 heteroatoms. The van der Waals surface area contributed by atoms with Gasteiger partial charge in [-0.1, -0.05) is 39.1 Å². The zero-order valence-corrected chi connectivity index (χ0v) is 16.9. The molecule has 0 aliphatic carbocycles. The normalized spacial score (nSPS) is 9.62. The Morgan fingerprint density at radius 1 is 0.793 bits per heavy atom. The van der Waals surface area contributed by atoms with Gasteiger partial charge in [0.15, 0.2) is 9.54 Å². The number of rotatable bonds is 2. The van der Waals surface area contributed by atoms with Crippen molar-refractivity contribution in [3.8, 4) is 0 Å². The predicted molar refractivity (Wildman–Crippen MR) is 131 cm³/mol. The fourth-order valence-electron chi connectivity index (χ4n) is 2.72. The summed E-state index contributed by atoms with van der Waals surface area (Å²) < 4.78 is 1.02. The zero-order valence-electron chi connectivity index (χ0n) is 15.3. The minimum absolute atomic E-state index is 0. The summed E-state index contributed by atoms with van der Waals surface area (Å²) in [5.74, 6) is 1.73. The van der Waals surface area contributed by atoms with Gasteiger partial charge in [0.25, 0.3) is 0 Å². The molecule has 2 aromatic carbocycles. The van der Waals surface area contributed by atoms with Crippen LogP contribution >= 0.6 is 24.4 Å². The molecule has 0 radical (unpaired) electrons.